The molecule has 3 amide bonds. The zero-order chi connectivity index (χ0) is 19.2. The molecule has 0 saturated heterocycles. The molecule has 0 aromatic heterocycles. The van der Waals surface area contributed by atoms with Crippen molar-refractivity contribution in [3.8, 4) is 0 Å². The van der Waals surface area contributed by atoms with Crippen LogP contribution in [0.1, 0.15) is 26.3 Å². The highest BCUT2D eigenvalue weighted by Gasteiger charge is 2.41. The molecule has 0 bridgehead atoms. The van der Waals surface area contributed by atoms with Gasteiger partial charge in [-0.25, -0.2) is 9.59 Å². The number of carboxylic acids is 1. The highest BCUT2D eigenvalue weighted by Crippen LogP contribution is 2.15. The predicted octanol–water partition coefficient (Wildman–Crippen LogP) is 0.544. The number of rotatable bonds is 8. The van der Waals surface area contributed by atoms with E-state index in [1.165, 1.54) is 0 Å². The summed E-state index contributed by atoms with van der Waals surface area (Å²) in [5, 5.41) is 21.8. The van der Waals surface area contributed by atoms with Gasteiger partial charge >= 0.3 is 12.0 Å². The number of hydrogen-bond acceptors (Lipinski definition) is 4. The second kappa shape index (κ2) is 8.48. The minimum Gasteiger partial charge on any atom is -0.478 e. The number of hydrogen-bond donors (Lipinski definition) is 4. The fourth-order valence-corrected chi connectivity index (χ4v) is 2.24. The van der Waals surface area contributed by atoms with Crippen LogP contribution in [0.4, 0.5) is 4.79 Å². The van der Waals surface area contributed by atoms with Gasteiger partial charge in [0.2, 0.25) is 11.6 Å². The van der Waals surface area contributed by atoms with Crippen molar-refractivity contribution in [1.82, 2.24) is 10.2 Å². The average Bonchev–Trinajstić information content (AvgIpc) is 2.52. The lowest BCUT2D eigenvalue weighted by atomic mass is 10.1. The summed E-state index contributed by atoms with van der Waals surface area (Å²) in [7, 11) is 0. The molecular weight excluding hydrogens is 326 g/mol. The maximum atomic E-state index is 12.5. The van der Waals surface area contributed by atoms with Crippen molar-refractivity contribution in [3.05, 3.63) is 35.9 Å². The fourth-order valence-electron chi connectivity index (χ4n) is 2.24. The molecule has 0 fully saturated rings. The van der Waals surface area contributed by atoms with Crippen LogP contribution in [-0.4, -0.2) is 51.3 Å². The lowest BCUT2D eigenvalue weighted by Crippen LogP contribution is -2.61. The quantitative estimate of drug-likeness (QED) is 0.507. The molecule has 1 aromatic carbocycles. The first kappa shape index (κ1) is 20.4. The van der Waals surface area contributed by atoms with Gasteiger partial charge in [-0.2, -0.15) is 0 Å². The van der Waals surface area contributed by atoms with E-state index in [0.29, 0.717) is 0 Å². The Morgan fingerprint density at radius 1 is 1.24 bits per heavy atom. The second-order valence-corrected chi connectivity index (χ2v) is 6.42. The Kier molecular flexibility index (Phi) is 6.93. The second-order valence-electron chi connectivity index (χ2n) is 6.42. The van der Waals surface area contributed by atoms with Crippen LogP contribution in [0.15, 0.2) is 30.3 Å². The molecule has 0 saturated carbocycles. The van der Waals surface area contributed by atoms with Crippen molar-refractivity contribution in [2.24, 2.45) is 11.7 Å². The van der Waals surface area contributed by atoms with Crippen molar-refractivity contribution >= 4 is 17.9 Å². The van der Waals surface area contributed by atoms with Crippen LogP contribution in [0.25, 0.3) is 0 Å². The molecule has 25 heavy (non-hydrogen) atoms. The molecule has 0 aliphatic carbocycles. The molecule has 8 heteroatoms. The van der Waals surface area contributed by atoms with E-state index in [1.54, 1.807) is 38.1 Å². The van der Waals surface area contributed by atoms with E-state index >= 15 is 0 Å². The lowest BCUT2D eigenvalue weighted by Gasteiger charge is -2.35. The summed E-state index contributed by atoms with van der Waals surface area (Å²) in [6, 6.07) is 7.04. The van der Waals surface area contributed by atoms with Crippen LogP contribution in [0, 0.1) is 5.92 Å². The molecule has 8 nitrogen and oxygen atoms in total. The first-order valence-electron chi connectivity index (χ1n) is 7.92. The zero-order valence-electron chi connectivity index (χ0n) is 14.6. The Hall–Kier alpha value is -2.61. The van der Waals surface area contributed by atoms with E-state index in [0.717, 1.165) is 17.4 Å². The molecule has 0 spiro atoms. The number of nitrogens with two attached hydrogens (primary N) is 1. The standard InChI is InChI=1S/C17H25N3O5/c1-11(2)10-20(17(3,25)15(22)23)16(24)19-13(14(18)21)9-12-7-5-4-6-8-12/h4-8,11,13,25H,9-10H2,1-3H3,(H2,18,21)(H,19,24)(H,22,23). The lowest BCUT2D eigenvalue weighted by molar-refractivity contribution is -0.173. The third-order valence-electron chi connectivity index (χ3n) is 3.65. The van der Waals surface area contributed by atoms with Crippen molar-refractivity contribution in [3.63, 3.8) is 0 Å². The van der Waals surface area contributed by atoms with E-state index in [1.807, 2.05) is 6.07 Å². The molecule has 0 aliphatic rings. The van der Waals surface area contributed by atoms with Gasteiger partial charge in [-0.15, -0.1) is 0 Å². The average molecular weight is 351 g/mol. The van der Waals surface area contributed by atoms with Crippen LogP contribution in [0.2, 0.25) is 0 Å². The van der Waals surface area contributed by atoms with E-state index in [4.69, 9.17) is 5.73 Å². The molecule has 1 aromatic rings. The molecule has 1 rings (SSSR count). The van der Waals surface area contributed by atoms with Crippen molar-refractivity contribution < 1.29 is 24.6 Å². The number of amides is 3. The minimum absolute atomic E-state index is 0.0120. The number of aliphatic carboxylic acids is 1. The van der Waals surface area contributed by atoms with Crippen molar-refractivity contribution in [1.29, 1.82) is 0 Å². The number of carbonyl (C=O) groups is 3. The molecular formula is C17H25N3O5. The van der Waals surface area contributed by atoms with Crippen LogP contribution in [0.3, 0.4) is 0 Å². The molecule has 2 atom stereocenters. The predicted molar refractivity (Wildman–Crippen MR) is 91.5 cm³/mol. The van der Waals surface area contributed by atoms with E-state index in [2.05, 4.69) is 5.32 Å². The number of nitrogens with one attached hydrogen (secondary N) is 1. The van der Waals surface area contributed by atoms with Gasteiger partial charge in [-0.1, -0.05) is 44.2 Å². The number of urea groups is 1. The van der Waals surface area contributed by atoms with Gasteiger partial charge in [0.15, 0.2) is 0 Å². The van der Waals surface area contributed by atoms with E-state index in [-0.39, 0.29) is 18.9 Å². The largest absolute Gasteiger partial charge is 0.478 e. The van der Waals surface area contributed by atoms with Crippen LogP contribution < -0.4 is 11.1 Å². The van der Waals surface area contributed by atoms with Gasteiger partial charge < -0.3 is 21.3 Å². The Balaban J connectivity index is 2.98. The number of carboxylic acid groups (broad SMARTS) is 1. The van der Waals surface area contributed by atoms with Crippen LogP contribution in [0.5, 0.6) is 0 Å². The first-order valence-corrected chi connectivity index (χ1v) is 7.92. The first-order chi connectivity index (χ1) is 11.6. The number of benzene rings is 1. The molecule has 5 N–H and O–H groups in total. The van der Waals surface area contributed by atoms with Crippen molar-refractivity contribution in [2.75, 3.05) is 6.54 Å². The number of aliphatic hydroxyl groups is 1. The van der Waals surface area contributed by atoms with Gasteiger partial charge in [-0.05, 0) is 18.4 Å². The monoisotopic (exact) mass is 351 g/mol. The van der Waals surface area contributed by atoms with E-state index in [9.17, 15) is 24.6 Å². The third-order valence-corrected chi connectivity index (χ3v) is 3.65. The Labute approximate surface area is 146 Å². The normalized spacial score (nSPS) is 14.4. The highest BCUT2D eigenvalue weighted by atomic mass is 16.4. The molecule has 138 valence electrons. The summed E-state index contributed by atoms with van der Waals surface area (Å²) < 4.78 is 0. The maximum absolute atomic E-state index is 12.5. The molecule has 0 radical (unpaired) electrons. The SMILES string of the molecule is CC(C)CN(C(=O)NC(Cc1ccccc1)C(N)=O)C(C)(O)C(=O)O. The van der Waals surface area contributed by atoms with Gasteiger partial charge in [0.1, 0.15) is 6.04 Å². The molecule has 2 unspecified atom stereocenters. The number of primary amides is 1. The summed E-state index contributed by atoms with van der Waals surface area (Å²) in [5.41, 5.74) is 3.72. The van der Waals surface area contributed by atoms with Crippen LogP contribution >= 0.6 is 0 Å². The van der Waals surface area contributed by atoms with Crippen molar-refractivity contribution in [2.45, 2.75) is 39.0 Å². The van der Waals surface area contributed by atoms with Gasteiger partial charge in [0.25, 0.3) is 0 Å². The summed E-state index contributed by atoms with van der Waals surface area (Å²) in [4.78, 5) is 36.3. The third kappa shape index (κ3) is 5.75. The Bertz CT molecular complexity index is 616. The number of nitrogens with zero attached hydrogens (tertiary/aromatic N) is 1. The minimum atomic E-state index is -2.41. The Morgan fingerprint density at radius 2 is 1.80 bits per heavy atom. The van der Waals surface area contributed by atoms with Gasteiger partial charge in [-0.3, -0.25) is 9.69 Å². The number of carbonyl (C=O) groups excluding carboxylic acids is 2. The Morgan fingerprint density at radius 3 is 2.24 bits per heavy atom. The maximum Gasteiger partial charge on any atom is 0.357 e. The zero-order valence-corrected chi connectivity index (χ0v) is 14.6. The van der Waals surface area contributed by atoms with Gasteiger partial charge in [0, 0.05) is 13.0 Å². The topological polar surface area (TPSA) is 133 Å². The van der Waals surface area contributed by atoms with Crippen LogP contribution in [-0.2, 0) is 16.0 Å². The van der Waals surface area contributed by atoms with E-state index < -0.39 is 29.7 Å². The molecule has 0 heterocycles. The fraction of sp³-hybridized carbons (Fsp3) is 0.471. The smallest absolute Gasteiger partial charge is 0.357 e. The summed E-state index contributed by atoms with van der Waals surface area (Å²) >= 11 is 0. The molecule has 0 aliphatic heterocycles. The highest BCUT2D eigenvalue weighted by molar-refractivity contribution is 5.89. The summed E-state index contributed by atoms with van der Waals surface area (Å²) in [6.45, 7) is 4.54. The summed E-state index contributed by atoms with van der Waals surface area (Å²) in [6.07, 6.45) is 0.159. The van der Waals surface area contributed by atoms with Gasteiger partial charge in [0.05, 0.1) is 0 Å². The summed E-state index contributed by atoms with van der Waals surface area (Å²) in [5.74, 6) is -2.42.